The number of hydrogen-bond acceptors (Lipinski definition) is 5. The standard InChI is InChI=1S/C22H14F3N5O.C6H6N2O/c23-22(24,25)16-7-2-1-6-15(16)17-11-13-8-9-18(28-19(13)27-17)29-21(31)20-26-12-14-5-3-4-10-30(14)20;7-6(9)5-2-1-3-8-4-5/h1-12H,(H2,27,28,29,31);1-4H,(H2,7,9). The van der Waals surface area contributed by atoms with Crippen molar-refractivity contribution in [3.63, 3.8) is 0 Å². The van der Waals surface area contributed by atoms with E-state index in [0.717, 1.165) is 11.6 Å². The molecular weight excluding hydrogens is 523 g/mol. The molecule has 0 aliphatic heterocycles. The molecule has 0 saturated carbocycles. The van der Waals surface area contributed by atoms with Gasteiger partial charge in [-0.1, -0.05) is 24.3 Å². The normalized spacial score (nSPS) is 11.2. The summed E-state index contributed by atoms with van der Waals surface area (Å²) in [6.07, 6.45) is 1.85. The first-order valence-corrected chi connectivity index (χ1v) is 11.8. The number of alkyl halides is 3. The molecule has 0 saturated heterocycles. The zero-order valence-corrected chi connectivity index (χ0v) is 20.6. The third kappa shape index (κ3) is 5.50. The van der Waals surface area contributed by atoms with Crippen LogP contribution in [-0.4, -0.2) is 36.2 Å². The van der Waals surface area contributed by atoms with Crippen LogP contribution in [-0.2, 0) is 6.18 Å². The molecule has 0 atom stereocenters. The van der Waals surface area contributed by atoms with E-state index in [9.17, 15) is 22.8 Å². The molecule has 2 amide bonds. The Morgan fingerprint density at radius 2 is 1.75 bits per heavy atom. The molecule has 0 aliphatic carbocycles. The van der Waals surface area contributed by atoms with E-state index in [-0.39, 0.29) is 22.9 Å². The number of benzene rings is 1. The van der Waals surface area contributed by atoms with Crippen molar-refractivity contribution in [1.29, 1.82) is 0 Å². The van der Waals surface area contributed by atoms with E-state index in [1.54, 1.807) is 65.5 Å². The number of halogens is 3. The number of anilines is 1. The van der Waals surface area contributed by atoms with Gasteiger partial charge in [0.2, 0.25) is 11.7 Å². The van der Waals surface area contributed by atoms with Crippen molar-refractivity contribution in [1.82, 2.24) is 24.3 Å². The van der Waals surface area contributed by atoms with Crippen molar-refractivity contribution >= 4 is 34.2 Å². The molecule has 40 heavy (non-hydrogen) atoms. The van der Waals surface area contributed by atoms with Crippen molar-refractivity contribution in [2.24, 2.45) is 5.73 Å². The van der Waals surface area contributed by atoms with Crippen molar-refractivity contribution in [2.45, 2.75) is 6.18 Å². The molecular formula is C28H20F3N7O2. The van der Waals surface area contributed by atoms with Gasteiger partial charge in [0.25, 0.3) is 5.91 Å². The summed E-state index contributed by atoms with van der Waals surface area (Å²) in [6.45, 7) is 0. The molecule has 5 aromatic heterocycles. The Morgan fingerprint density at radius 1 is 0.950 bits per heavy atom. The first-order chi connectivity index (χ1) is 19.2. The first kappa shape index (κ1) is 26.1. The van der Waals surface area contributed by atoms with Gasteiger partial charge in [-0.3, -0.25) is 19.0 Å². The van der Waals surface area contributed by atoms with E-state index in [1.807, 2.05) is 12.1 Å². The lowest BCUT2D eigenvalue weighted by Gasteiger charge is -2.11. The monoisotopic (exact) mass is 543 g/mol. The number of pyridine rings is 3. The number of rotatable bonds is 4. The predicted molar refractivity (Wildman–Crippen MR) is 142 cm³/mol. The Kier molecular flexibility index (Phi) is 6.98. The van der Waals surface area contributed by atoms with E-state index in [4.69, 9.17) is 5.73 Å². The number of amides is 2. The van der Waals surface area contributed by atoms with E-state index in [2.05, 4.69) is 25.3 Å². The highest BCUT2D eigenvalue weighted by atomic mass is 19.4. The van der Waals surface area contributed by atoms with Gasteiger partial charge in [-0.15, -0.1) is 0 Å². The average Bonchev–Trinajstić information content (AvgIpc) is 3.58. The molecule has 0 radical (unpaired) electrons. The van der Waals surface area contributed by atoms with Gasteiger partial charge < -0.3 is 16.0 Å². The Labute approximate surface area is 224 Å². The zero-order valence-electron chi connectivity index (χ0n) is 20.6. The highest BCUT2D eigenvalue weighted by Crippen LogP contribution is 2.37. The Bertz CT molecular complexity index is 1830. The van der Waals surface area contributed by atoms with E-state index < -0.39 is 23.6 Å². The molecule has 0 unspecified atom stereocenters. The number of nitrogens with zero attached hydrogens (tertiary/aromatic N) is 4. The van der Waals surface area contributed by atoms with E-state index in [0.29, 0.717) is 16.6 Å². The molecule has 9 nitrogen and oxygen atoms in total. The molecule has 4 N–H and O–H groups in total. The van der Waals surface area contributed by atoms with Crippen molar-refractivity contribution in [3.05, 3.63) is 115 Å². The number of aromatic nitrogens is 5. The van der Waals surface area contributed by atoms with Crippen LogP contribution >= 0.6 is 0 Å². The summed E-state index contributed by atoms with van der Waals surface area (Å²) in [5.74, 6) is -0.443. The molecule has 5 heterocycles. The number of fused-ring (bicyclic) bond motifs is 2. The minimum absolute atomic E-state index is 0.0300. The maximum atomic E-state index is 13.4. The van der Waals surface area contributed by atoms with E-state index >= 15 is 0 Å². The van der Waals surface area contributed by atoms with E-state index in [1.165, 1.54) is 18.3 Å². The van der Waals surface area contributed by atoms with Gasteiger partial charge in [-0.25, -0.2) is 9.97 Å². The quantitative estimate of drug-likeness (QED) is 0.277. The number of nitrogens with one attached hydrogen (secondary N) is 2. The van der Waals surface area contributed by atoms with Gasteiger partial charge in [0.15, 0.2) is 0 Å². The van der Waals surface area contributed by atoms with Gasteiger partial charge in [0.1, 0.15) is 11.5 Å². The maximum Gasteiger partial charge on any atom is 0.417 e. The van der Waals surface area contributed by atoms with Crippen LogP contribution in [0.5, 0.6) is 0 Å². The molecule has 0 bridgehead atoms. The third-order valence-corrected chi connectivity index (χ3v) is 5.83. The second kappa shape index (κ2) is 10.7. The third-order valence-electron chi connectivity index (χ3n) is 5.83. The number of nitrogens with two attached hydrogens (primary N) is 1. The van der Waals surface area contributed by atoms with Crippen LogP contribution in [0.25, 0.3) is 27.8 Å². The number of aromatic amines is 1. The van der Waals surface area contributed by atoms with Crippen LogP contribution < -0.4 is 11.1 Å². The molecule has 0 fully saturated rings. The molecule has 12 heteroatoms. The number of carbonyl (C=O) groups is 2. The van der Waals surface area contributed by atoms with Crippen LogP contribution in [0, 0.1) is 0 Å². The fourth-order valence-electron chi connectivity index (χ4n) is 3.98. The van der Waals surface area contributed by atoms with Gasteiger partial charge in [-0.2, -0.15) is 13.2 Å². The largest absolute Gasteiger partial charge is 0.417 e. The molecule has 200 valence electrons. The first-order valence-electron chi connectivity index (χ1n) is 11.8. The maximum absolute atomic E-state index is 13.4. The number of hydrogen-bond donors (Lipinski definition) is 3. The Morgan fingerprint density at radius 3 is 2.48 bits per heavy atom. The summed E-state index contributed by atoms with van der Waals surface area (Å²) in [5, 5.41) is 3.30. The summed E-state index contributed by atoms with van der Waals surface area (Å²) in [6, 6.07) is 18.9. The summed E-state index contributed by atoms with van der Waals surface area (Å²) in [4.78, 5) is 38.1. The second-order valence-corrected chi connectivity index (χ2v) is 8.50. The van der Waals surface area contributed by atoms with Crippen LogP contribution in [0.3, 0.4) is 0 Å². The Hall–Kier alpha value is -5.52. The van der Waals surface area contributed by atoms with Crippen LogP contribution in [0.1, 0.15) is 26.5 Å². The minimum atomic E-state index is -4.48. The van der Waals surface area contributed by atoms with Gasteiger partial charge in [0.05, 0.1) is 22.8 Å². The van der Waals surface area contributed by atoms with Crippen molar-refractivity contribution < 1.29 is 22.8 Å². The Balaban J connectivity index is 0.000000306. The smallest absolute Gasteiger partial charge is 0.366 e. The lowest BCUT2D eigenvalue weighted by Crippen LogP contribution is -2.16. The van der Waals surface area contributed by atoms with Crippen LogP contribution in [0.2, 0.25) is 0 Å². The SMILES string of the molecule is NC(=O)c1cccnc1.O=C(Nc1ccc2cc(-c3ccccc3C(F)(F)F)[nH]c2n1)c1ncc2ccccn12. The fraction of sp³-hybridized carbons (Fsp3) is 0.0357. The fourth-order valence-corrected chi connectivity index (χ4v) is 3.98. The number of imidazole rings is 1. The molecule has 6 rings (SSSR count). The molecule has 0 aliphatic rings. The topological polar surface area (TPSA) is 131 Å². The highest BCUT2D eigenvalue weighted by Gasteiger charge is 2.33. The molecule has 1 aromatic carbocycles. The van der Waals surface area contributed by atoms with Gasteiger partial charge in [0, 0.05) is 35.2 Å². The van der Waals surface area contributed by atoms with Crippen molar-refractivity contribution in [2.75, 3.05) is 5.32 Å². The summed E-state index contributed by atoms with van der Waals surface area (Å²) in [5.41, 5.74) is 6.09. The van der Waals surface area contributed by atoms with Crippen molar-refractivity contribution in [3.8, 4) is 11.3 Å². The zero-order chi connectivity index (χ0) is 28.3. The van der Waals surface area contributed by atoms with Gasteiger partial charge >= 0.3 is 6.18 Å². The summed E-state index contributed by atoms with van der Waals surface area (Å²) in [7, 11) is 0. The molecule has 0 spiro atoms. The van der Waals surface area contributed by atoms with Gasteiger partial charge in [-0.05, 0) is 48.5 Å². The average molecular weight is 544 g/mol. The lowest BCUT2D eigenvalue weighted by atomic mass is 10.0. The number of carbonyl (C=O) groups excluding carboxylic acids is 2. The molecule has 6 aromatic rings. The van der Waals surface area contributed by atoms with Crippen LogP contribution in [0.15, 0.2) is 97.6 Å². The van der Waals surface area contributed by atoms with Crippen LogP contribution in [0.4, 0.5) is 19.0 Å². The predicted octanol–water partition coefficient (Wildman–Crippen LogP) is 5.33. The summed E-state index contributed by atoms with van der Waals surface area (Å²) >= 11 is 0. The number of primary amides is 1. The second-order valence-electron chi connectivity index (χ2n) is 8.50. The lowest BCUT2D eigenvalue weighted by molar-refractivity contribution is -0.137. The number of H-pyrrole nitrogens is 1. The summed E-state index contributed by atoms with van der Waals surface area (Å²) < 4.78 is 41.7. The highest BCUT2D eigenvalue weighted by molar-refractivity contribution is 6.02. The minimum Gasteiger partial charge on any atom is -0.366 e.